The Morgan fingerprint density at radius 2 is 0.973 bits per heavy atom. The van der Waals surface area contributed by atoms with Crippen molar-refractivity contribution in [3.63, 3.8) is 0 Å². The molecule has 0 N–H and O–H groups in total. The van der Waals surface area contributed by atoms with Crippen LogP contribution in [0.4, 0.5) is 17.1 Å². The van der Waals surface area contributed by atoms with Crippen molar-refractivity contribution >= 4 is 78.2 Å². The van der Waals surface area contributed by atoms with Gasteiger partial charge in [-0.15, -0.1) is 0 Å². The predicted octanol–water partition coefficient (Wildman–Crippen LogP) is 17.7. The topological polar surface area (TPSA) is 12.5 Å². The van der Waals surface area contributed by atoms with E-state index in [1.54, 1.807) is 0 Å². The lowest BCUT2D eigenvalue weighted by Gasteiger charge is -2.34. The van der Waals surface area contributed by atoms with E-state index in [1.807, 2.05) is 0 Å². The lowest BCUT2D eigenvalue weighted by atomic mass is 9.91. The van der Waals surface area contributed by atoms with Crippen molar-refractivity contribution in [3.05, 3.63) is 236 Å². The van der Waals surface area contributed by atoms with Gasteiger partial charge in [-0.25, -0.2) is 0 Å². The SMILES string of the molecule is CCCCCCc1ccc([Si]2(c3ccc(CCCCCC)cc3)c3ccccc3-c3cc(-c4ccc5c(c4)N(c4cccc(-c6c7ccccc7cc7ccccc67)c4)c4ccc6ccccc6c4O5)ccc32)cc1. The summed E-state index contributed by atoms with van der Waals surface area (Å²) < 4.78 is 7.05. The van der Waals surface area contributed by atoms with Crippen molar-refractivity contribution < 1.29 is 4.74 Å². The molecule has 75 heavy (non-hydrogen) atoms. The van der Waals surface area contributed by atoms with Gasteiger partial charge in [0.2, 0.25) is 0 Å². The van der Waals surface area contributed by atoms with Gasteiger partial charge in [-0.1, -0.05) is 234 Å². The zero-order valence-corrected chi connectivity index (χ0v) is 44.3. The number of ether oxygens (including phenoxy) is 1. The molecule has 2 nitrogen and oxygen atoms in total. The molecule has 3 heteroatoms. The highest BCUT2D eigenvalue weighted by molar-refractivity contribution is 7.22. The first-order valence-corrected chi connectivity index (χ1v) is 29.7. The molecule has 0 saturated heterocycles. The van der Waals surface area contributed by atoms with Gasteiger partial charge in [0.15, 0.2) is 19.6 Å². The Balaban J connectivity index is 0.948. The van der Waals surface area contributed by atoms with E-state index >= 15 is 0 Å². The Morgan fingerprint density at radius 3 is 1.65 bits per heavy atom. The Morgan fingerprint density at radius 1 is 0.387 bits per heavy atom. The zero-order chi connectivity index (χ0) is 50.3. The van der Waals surface area contributed by atoms with Crippen LogP contribution in [0.2, 0.25) is 0 Å². The number of benzene rings is 11. The lowest BCUT2D eigenvalue weighted by Crippen LogP contribution is -2.72. The van der Waals surface area contributed by atoms with E-state index in [9.17, 15) is 0 Å². The van der Waals surface area contributed by atoms with Crippen LogP contribution in [0, 0.1) is 0 Å². The van der Waals surface area contributed by atoms with E-state index in [0.717, 1.165) is 57.7 Å². The molecule has 2 aliphatic rings. The van der Waals surface area contributed by atoms with Gasteiger partial charge in [-0.2, -0.15) is 0 Å². The summed E-state index contributed by atoms with van der Waals surface area (Å²) in [4.78, 5) is 2.43. The number of nitrogens with zero attached hydrogens (tertiary/aromatic N) is 1. The first kappa shape index (κ1) is 46.8. The largest absolute Gasteiger partial charge is 0.452 e. The summed E-state index contributed by atoms with van der Waals surface area (Å²) in [6, 6.07) is 85.4. The van der Waals surface area contributed by atoms with Gasteiger partial charge in [0.1, 0.15) is 0 Å². The van der Waals surface area contributed by atoms with Gasteiger partial charge in [-0.05, 0) is 160 Å². The van der Waals surface area contributed by atoms with Gasteiger partial charge >= 0.3 is 0 Å². The number of hydrogen-bond acceptors (Lipinski definition) is 2. The molecule has 0 bridgehead atoms. The van der Waals surface area contributed by atoms with Crippen molar-refractivity contribution in [2.45, 2.75) is 78.1 Å². The minimum absolute atomic E-state index is 0.837. The third kappa shape index (κ3) is 8.26. The van der Waals surface area contributed by atoms with Crippen molar-refractivity contribution in [1.82, 2.24) is 0 Å². The fraction of sp³-hybridized carbons (Fsp3) is 0.167. The van der Waals surface area contributed by atoms with Crippen LogP contribution < -0.4 is 30.4 Å². The maximum Gasteiger partial charge on any atom is 0.180 e. The monoisotopic (exact) mass is 985 g/mol. The number of fused-ring (bicyclic) bond motifs is 9. The first-order chi connectivity index (χ1) is 37.1. The van der Waals surface area contributed by atoms with E-state index in [2.05, 4.69) is 243 Å². The normalized spacial score (nSPS) is 13.1. The maximum absolute atomic E-state index is 7.05. The number of anilines is 3. The molecule has 0 fully saturated rings. The summed E-state index contributed by atoms with van der Waals surface area (Å²) in [6.07, 6.45) is 12.5. The highest BCUT2D eigenvalue weighted by atomic mass is 28.3. The molecule has 2 aliphatic heterocycles. The average molecular weight is 986 g/mol. The molecule has 0 aliphatic carbocycles. The van der Waals surface area contributed by atoms with Crippen LogP contribution >= 0.6 is 0 Å². The maximum atomic E-state index is 7.05. The van der Waals surface area contributed by atoms with Crippen LogP contribution in [0.25, 0.3) is 65.7 Å². The molecule has 366 valence electrons. The third-order valence-electron chi connectivity index (χ3n) is 16.5. The smallest absolute Gasteiger partial charge is 0.180 e. The number of aryl methyl sites for hydroxylation is 2. The molecule has 0 amide bonds. The molecule has 0 atom stereocenters. The molecule has 0 unspecified atom stereocenters. The quantitative estimate of drug-likeness (QED) is 0.0577. The van der Waals surface area contributed by atoms with Crippen molar-refractivity contribution in [3.8, 4) is 44.9 Å². The van der Waals surface area contributed by atoms with Crippen LogP contribution in [-0.2, 0) is 12.8 Å². The summed E-state index contributed by atoms with van der Waals surface area (Å²) in [6.45, 7) is 4.59. The van der Waals surface area contributed by atoms with Crippen molar-refractivity contribution in [2.75, 3.05) is 4.90 Å². The minimum Gasteiger partial charge on any atom is -0.452 e. The van der Waals surface area contributed by atoms with E-state index in [-0.39, 0.29) is 0 Å². The van der Waals surface area contributed by atoms with E-state index in [4.69, 9.17) is 4.74 Å². The molecule has 0 radical (unpaired) electrons. The fourth-order valence-corrected chi connectivity index (χ4v) is 17.8. The van der Waals surface area contributed by atoms with Crippen LogP contribution in [-0.4, -0.2) is 8.07 Å². The summed E-state index contributed by atoms with van der Waals surface area (Å²) in [5.41, 5.74) is 13.5. The van der Waals surface area contributed by atoms with Gasteiger partial charge in [-0.3, -0.25) is 0 Å². The molecule has 0 aromatic heterocycles. The van der Waals surface area contributed by atoms with Gasteiger partial charge in [0.25, 0.3) is 0 Å². The minimum atomic E-state index is -2.72. The summed E-state index contributed by atoms with van der Waals surface area (Å²) in [7, 11) is -2.72. The van der Waals surface area contributed by atoms with Crippen LogP contribution in [0.5, 0.6) is 11.5 Å². The highest BCUT2D eigenvalue weighted by Crippen LogP contribution is 2.54. The molecular weight excluding hydrogens is 923 g/mol. The molecule has 0 spiro atoms. The second-order valence-corrected chi connectivity index (χ2v) is 24.8. The van der Waals surface area contributed by atoms with E-state index < -0.39 is 8.07 Å². The van der Waals surface area contributed by atoms with E-state index in [0.29, 0.717) is 0 Å². The third-order valence-corrected chi connectivity index (χ3v) is 21.4. The lowest BCUT2D eigenvalue weighted by molar-refractivity contribution is 0.482. The van der Waals surface area contributed by atoms with Gasteiger partial charge in [0, 0.05) is 11.1 Å². The second kappa shape index (κ2) is 20.0. The van der Waals surface area contributed by atoms with Crippen molar-refractivity contribution in [1.29, 1.82) is 0 Å². The fourth-order valence-electron chi connectivity index (χ4n) is 12.7. The van der Waals surface area contributed by atoms with Gasteiger partial charge in [0.05, 0.1) is 11.4 Å². The number of hydrogen-bond donors (Lipinski definition) is 0. The Hall–Kier alpha value is -7.98. The average Bonchev–Trinajstić information content (AvgIpc) is 3.89. The Kier molecular flexibility index (Phi) is 12.5. The zero-order valence-electron chi connectivity index (χ0n) is 43.3. The second-order valence-electron chi connectivity index (χ2n) is 21.1. The van der Waals surface area contributed by atoms with Crippen LogP contribution in [0.3, 0.4) is 0 Å². The van der Waals surface area contributed by atoms with Gasteiger partial charge < -0.3 is 9.64 Å². The molecular formula is C72H63NOSi. The summed E-state index contributed by atoms with van der Waals surface area (Å²) in [5.74, 6) is 1.71. The predicted molar refractivity (Wildman–Crippen MR) is 323 cm³/mol. The van der Waals surface area contributed by atoms with Crippen molar-refractivity contribution in [2.24, 2.45) is 0 Å². The summed E-state index contributed by atoms with van der Waals surface area (Å²) in [5, 5.41) is 13.1. The Bertz CT molecular complexity index is 3800. The molecule has 0 saturated carbocycles. The van der Waals surface area contributed by atoms with Crippen LogP contribution in [0.15, 0.2) is 224 Å². The molecule has 13 rings (SSSR count). The highest BCUT2D eigenvalue weighted by Gasteiger charge is 2.48. The first-order valence-electron chi connectivity index (χ1n) is 27.7. The number of rotatable bonds is 15. The van der Waals surface area contributed by atoms with E-state index in [1.165, 1.54) is 133 Å². The molecule has 11 aromatic rings. The number of unbranched alkanes of at least 4 members (excludes halogenated alkanes) is 6. The summed E-state index contributed by atoms with van der Waals surface area (Å²) >= 11 is 0. The molecule has 2 heterocycles. The standard InChI is InChI=1S/C72H63NOSi/c1-3-5-7-9-20-50-32-39-59(40-33-50)75(60-41-34-51(35-42-60)21-10-8-6-4-2)69-31-18-17-30-64(69)65-48-53(38-45-70(65)75)54-37-44-68-67(49-54)73(66-43-36-52-22-11-16-29-63(52)72(66)74-68)58-26-19-25-57(47-58)71-61-27-14-12-23-55(61)46-56-24-13-15-28-62(56)71/h11-19,22-49H,3-10,20-21H2,1-2H3. The Labute approximate surface area is 443 Å². The van der Waals surface area contributed by atoms with Crippen LogP contribution in [0.1, 0.15) is 76.3 Å². The molecule has 11 aromatic carbocycles.